The van der Waals surface area contributed by atoms with E-state index in [0.717, 1.165) is 57.3 Å². The van der Waals surface area contributed by atoms with Gasteiger partial charge in [-0.25, -0.2) is 0 Å². The summed E-state index contributed by atoms with van der Waals surface area (Å²) < 4.78 is 19.7. The molecule has 0 fully saturated rings. The van der Waals surface area contributed by atoms with Gasteiger partial charge in [0.05, 0.1) is 16.4 Å². The predicted molar refractivity (Wildman–Crippen MR) is 300 cm³/mol. The first-order valence-corrected chi connectivity index (χ1v) is 26.1. The molecular formula is C64H55BN2O2S. The number of rotatable bonds is 1. The lowest BCUT2D eigenvalue weighted by Gasteiger charge is -2.42. The predicted octanol–water partition coefficient (Wildman–Crippen LogP) is 17.1. The molecule has 0 spiro atoms. The van der Waals surface area contributed by atoms with Crippen LogP contribution in [-0.4, -0.2) is 11.4 Å². The summed E-state index contributed by atoms with van der Waals surface area (Å²) in [6.45, 7) is 23.4. The van der Waals surface area contributed by atoms with Crippen molar-refractivity contribution in [3.8, 4) is 16.8 Å². The lowest BCUT2D eigenvalue weighted by Crippen LogP contribution is -2.60. The van der Waals surface area contributed by atoms with Crippen LogP contribution in [0.5, 0.6) is 0 Å². The molecule has 70 heavy (non-hydrogen) atoms. The van der Waals surface area contributed by atoms with E-state index in [1.807, 2.05) is 11.3 Å². The Morgan fingerprint density at radius 1 is 0.543 bits per heavy atom. The highest BCUT2D eigenvalue weighted by Crippen LogP contribution is 2.55. The zero-order chi connectivity index (χ0) is 47.7. The molecule has 2 aliphatic heterocycles. The number of furan rings is 2. The van der Waals surface area contributed by atoms with Crippen LogP contribution in [0.3, 0.4) is 0 Å². The molecule has 0 saturated heterocycles. The molecule has 342 valence electrons. The zero-order valence-electron chi connectivity index (χ0n) is 41.7. The fourth-order valence-electron chi connectivity index (χ4n) is 13.2. The minimum atomic E-state index is -0.178. The molecule has 6 heteroatoms. The van der Waals surface area contributed by atoms with Crippen LogP contribution < -0.4 is 15.7 Å². The molecule has 0 amide bonds. The molecule has 4 nitrogen and oxygen atoms in total. The smallest absolute Gasteiger partial charge is 0.333 e. The summed E-state index contributed by atoms with van der Waals surface area (Å²) in [5.74, 6) is 0. The second kappa shape index (κ2) is 13.2. The highest BCUT2D eigenvalue weighted by Gasteiger charge is 2.47. The highest BCUT2D eigenvalue weighted by atomic mass is 32.1. The van der Waals surface area contributed by atoms with Crippen LogP contribution in [-0.2, 0) is 21.7 Å². The number of anilines is 2. The van der Waals surface area contributed by atoms with E-state index < -0.39 is 0 Å². The number of hydrogen-bond donors (Lipinski definition) is 0. The number of aromatic nitrogens is 1. The molecule has 0 bridgehead atoms. The molecule has 0 N–H and O–H groups in total. The molecule has 3 aliphatic rings. The number of hydrogen-bond acceptors (Lipinski definition) is 4. The first-order chi connectivity index (χ1) is 33.4. The maximum Gasteiger partial charge on any atom is 0.333 e. The normalized spacial score (nSPS) is 16.2. The Kier molecular flexibility index (Phi) is 7.72. The van der Waals surface area contributed by atoms with Gasteiger partial charge in [0.1, 0.15) is 22.3 Å². The molecule has 0 atom stereocenters. The van der Waals surface area contributed by atoms with Gasteiger partial charge in [0.2, 0.25) is 0 Å². The number of nitrogens with zero attached hydrogens (tertiary/aromatic N) is 2. The molecule has 6 heterocycles. The Morgan fingerprint density at radius 2 is 1.21 bits per heavy atom. The minimum absolute atomic E-state index is 0.00481. The van der Waals surface area contributed by atoms with Gasteiger partial charge in [-0.05, 0) is 140 Å². The van der Waals surface area contributed by atoms with E-state index in [1.54, 1.807) is 0 Å². The average molecular weight is 927 g/mol. The van der Waals surface area contributed by atoms with Gasteiger partial charge in [0, 0.05) is 75.8 Å². The number of benzene rings is 8. The molecule has 1 aliphatic carbocycles. The third-order valence-corrected chi connectivity index (χ3v) is 18.3. The lowest BCUT2D eigenvalue weighted by molar-refractivity contribution is 0.332. The van der Waals surface area contributed by atoms with Crippen molar-refractivity contribution in [1.29, 1.82) is 0 Å². The largest absolute Gasteiger partial charge is 0.456 e. The van der Waals surface area contributed by atoms with Gasteiger partial charge in [-0.15, -0.1) is 11.3 Å². The zero-order valence-corrected chi connectivity index (χ0v) is 42.6. The fraction of sp³-hybridized carbons (Fsp3) is 0.250. The van der Waals surface area contributed by atoms with Gasteiger partial charge in [0.25, 0.3) is 0 Å². The van der Waals surface area contributed by atoms with Crippen molar-refractivity contribution < 1.29 is 8.83 Å². The third kappa shape index (κ3) is 5.28. The van der Waals surface area contributed by atoms with Crippen LogP contribution >= 0.6 is 11.3 Å². The van der Waals surface area contributed by atoms with Gasteiger partial charge in [-0.3, -0.25) is 0 Å². The molecule has 0 radical (unpaired) electrons. The van der Waals surface area contributed by atoms with Crippen LogP contribution in [0.2, 0.25) is 0 Å². The Bertz CT molecular complexity index is 4330. The third-order valence-electron chi connectivity index (χ3n) is 17.1. The molecule has 12 aromatic rings. The molecule has 8 aromatic carbocycles. The van der Waals surface area contributed by atoms with E-state index in [-0.39, 0.29) is 28.5 Å². The van der Waals surface area contributed by atoms with Crippen molar-refractivity contribution >= 4 is 126 Å². The van der Waals surface area contributed by atoms with Crippen LogP contribution in [0.4, 0.5) is 11.4 Å². The lowest BCUT2D eigenvalue weighted by atomic mass is 9.43. The Morgan fingerprint density at radius 3 is 1.97 bits per heavy atom. The van der Waals surface area contributed by atoms with Crippen molar-refractivity contribution in [1.82, 2.24) is 4.57 Å². The van der Waals surface area contributed by atoms with Gasteiger partial charge in [0.15, 0.2) is 0 Å². The summed E-state index contributed by atoms with van der Waals surface area (Å²) in [6, 6.07) is 49.1. The van der Waals surface area contributed by atoms with Crippen LogP contribution in [0.1, 0.15) is 104 Å². The number of para-hydroxylation sites is 1. The maximum absolute atomic E-state index is 7.32. The second-order valence-corrected chi connectivity index (χ2v) is 25.4. The average Bonchev–Trinajstić information content (AvgIpc) is 4.09. The summed E-state index contributed by atoms with van der Waals surface area (Å²) in [4.78, 5) is 2.67. The van der Waals surface area contributed by atoms with Crippen molar-refractivity contribution in [3.63, 3.8) is 0 Å². The van der Waals surface area contributed by atoms with E-state index in [4.69, 9.17) is 8.83 Å². The maximum atomic E-state index is 7.32. The van der Waals surface area contributed by atoms with E-state index >= 15 is 0 Å². The Hall–Kier alpha value is -6.76. The van der Waals surface area contributed by atoms with Gasteiger partial charge in [-0.1, -0.05) is 124 Å². The highest BCUT2D eigenvalue weighted by molar-refractivity contribution is 7.26. The molecule has 0 saturated carbocycles. The summed E-state index contributed by atoms with van der Waals surface area (Å²) in [5, 5.41) is 9.70. The van der Waals surface area contributed by atoms with Crippen LogP contribution in [0.15, 0.2) is 136 Å². The first-order valence-electron chi connectivity index (χ1n) is 25.3. The molecule has 4 aromatic heterocycles. The molecule has 0 unspecified atom stereocenters. The quantitative estimate of drug-likeness (QED) is 0.154. The SMILES string of the molecule is CC(C)(C)c1ccc(N2B3c4cc5sc6ccccc6c5cc4-n4c5ccc(C(C)(C)C)cc5c5c6oc7ccccc7c6c(c3c54)-c3cc4c(cc32)oc2cc3c(cc24)C(C)(C)CCC3(C)C)cc1. The summed E-state index contributed by atoms with van der Waals surface area (Å²) in [6.07, 6.45) is 2.31. The summed E-state index contributed by atoms with van der Waals surface area (Å²) in [7, 11) is 0. The van der Waals surface area contributed by atoms with E-state index in [0.29, 0.717) is 0 Å². The summed E-state index contributed by atoms with van der Waals surface area (Å²) in [5.41, 5.74) is 20.4. The van der Waals surface area contributed by atoms with Crippen molar-refractivity contribution in [2.45, 2.75) is 104 Å². The molecule has 15 rings (SSSR count). The van der Waals surface area contributed by atoms with Crippen molar-refractivity contribution in [2.24, 2.45) is 0 Å². The topological polar surface area (TPSA) is 34.5 Å². The number of fused-ring (bicyclic) bond motifs is 20. The van der Waals surface area contributed by atoms with Gasteiger partial charge < -0.3 is 18.2 Å². The van der Waals surface area contributed by atoms with E-state index in [9.17, 15) is 0 Å². The summed E-state index contributed by atoms with van der Waals surface area (Å²) >= 11 is 1.90. The van der Waals surface area contributed by atoms with Crippen molar-refractivity contribution in [2.75, 3.05) is 4.81 Å². The Labute approximate surface area is 412 Å². The van der Waals surface area contributed by atoms with E-state index in [1.165, 1.54) is 103 Å². The van der Waals surface area contributed by atoms with Gasteiger partial charge in [-0.2, -0.15) is 0 Å². The van der Waals surface area contributed by atoms with E-state index in [2.05, 4.69) is 206 Å². The van der Waals surface area contributed by atoms with Crippen LogP contribution in [0, 0.1) is 0 Å². The standard InChI is InChI=1S/C64H55BN2O2S/c1-61(2,3)34-19-22-36(23-20-34)67-48-33-52-39(40-29-44-45(31-51(40)68-52)64(9,10)26-25-63(44,7)8)28-43(48)55-56-38-16-11-13-17-50(38)69-60(56)57-42-27-35(62(4,5)6)21-24-47(42)66-49-30-41-37-15-12-14-18-53(37)70-54(41)32-46(49)65(67)58(55)59(57)66/h11-24,27-33H,25-26H2,1-10H3. The second-order valence-electron chi connectivity index (χ2n) is 24.3. The fourth-order valence-corrected chi connectivity index (χ4v) is 14.3. The number of thiophene rings is 1. The first kappa shape index (κ1) is 41.1. The van der Waals surface area contributed by atoms with Crippen molar-refractivity contribution in [3.05, 3.63) is 150 Å². The van der Waals surface area contributed by atoms with Crippen LogP contribution in [0.25, 0.3) is 103 Å². The van der Waals surface area contributed by atoms with Gasteiger partial charge >= 0.3 is 6.85 Å². The minimum Gasteiger partial charge on any atom is -0.456 e. The monoisotopic (exact) mass is 926 g/mol. The Balaban J connectivity index is 1.17. The molecular weight excluding hydrogens is 872 g/mol.